The summed E-state index contributed by atoms with van der Waals surface area (Å²) in [5, 5.41) is 5.46. The van der Waals surface area contributed by atoms with Gasteiger partial charge in [0.25, 0.3) is 0 Å². The highest BCUT2D eigenvalue weighted by atomic mass is 16.4. The molecule has 1 rings (SSSR count). The van der Waals surface area contributed by atoms with Crippen molar-refractivity contribution in [1.82, 2.24) is 15.6 Å². The second-order valence-corrected chi connectivity index (χ2v) is 3.33. The van der Waals surface area contributed by atoms with Crippen molar-refractivity contribution >= 4 is 5.91 Å². The second-order valence-electron chi connectivity index (χ2n) is 3.33. The molecule has 0 aromatic carbocycles. The number of nitrogens with zero attached hydrogens (tertiary/aromatic N) is 1. The summed E-state index contributed by atoms with van der Waals surface area (Å²) in [6.45, 7) is 4.57. The van der Waals surface area contributed by atoms with E-state index in [-0.39, 0.29) is 12.5 Å². The molecule has 0 aliphatic carbocycles. The Morgan fingerprint density at radius 2 is 2.31 bits per heavy atom. The first-order valence-electron chi connectivity index (χ1n) is 4.97. The predicted molar refractivity (Wildman–Crippen MR) is 59.5 cm³/mol. The molecular formula is C11H15N3O2. The van der Waals surface area contributed by atoms with Gasteiger partial charge in [0.15, 0.2) is 0 Å². The maximum atomic E-state index is 11.3. The van der Waals surface area contributed by atoms with Crippen LogP contribution in [-0.4, -0.2) is 24.0 Å². The van der Waals surface area contributed by atoms with Crippen LogP contribution >= 0.6 is 0 Å². The number of amides is 1. The molecule has 1 aromatic rings. The number of rotatable bonds is 5. The normalized spacial score (nSPS) is 9.81. The lowest BCUT2D eigenvalue weighted by Gasteiger charge is -2.02. The topological polar surface area (TPSA) is 67.2 Å². The van der Waals surface area contributed by atoms with Crippen molar-refractivity contribution in [2.75, 3.05) is 13.1 Å². The molecule has 86 valence electrons. The van der Waals surface area contributed by atoms with E-state index in [1.165, 1.54) is 0 Å². The fourth-order valence-electron chi connectivity index (χ4n) is 1.10. The van der Waals surface area contributed by atoms with Crippen LogP contribution in [-0.2, 0) is 11.3 Å². The van der Waals surface area contributed by atoms with Gasteiger partial charge in [-0.25, -0.2) is 4.98 Å². The monoisotopic (exact) mass is 221 g/mol. The molecule has 1 heterocycles. The average molecular weight is 221 g/mol. The van der Waals surface area contributed by atoms with Crippen molar-refractivity contribution in [3.05, 3.63) is 17.3 Å². The summed E-state index contributed by atoms with van der Waals surface area (Å²) in [6.07, 6.45) is 5.03. The molecule has 5 nitrogen and oxygen atoms in total. The summed E-state index contributed by atoms with van der Waals surface area (Å²) in [5.41, 5.74) is 0.842. The fraction of sp³-hybridized carbons (Fsp3) is 0.455. The molecule has 0 fully saturated rings. The van der Waals surface area contributed by atoms with E-state index in [0.717, 1.165) is 11.5 Å². The lowest BCUT2D eigenvalue weighted by Crippen LogP contribution is -2.33. The van der Waals surface area contributed by atoms with Crippen LogP contribution in [0.1, 0.15) is 17.3 Å². The number of aryl methyl sites for hydroxylation is 2. The van der Waals surface area contributed by atoms with Crippen molar-refractivity contribution < 1.29 is 9.21 Å². The Hall–Kier alpha value is -1.80. The molecule has 5 heteroatoms. The van der Waals surface area contributed by atoms with Crippen LogP contribution in [0, 0.1) is 26.2 Å². The molecule has 2 N–H and O–H groups in total. The van der Waals surface area contributed by atoms with Crippen LogP contribution in [0.4, 0.5) is 0 Å². The first-order valence-corrected chi connectivity index (χ1v) is 4.97. The Labute approximate surface area is 94.6 Å². The Balaban J connectivity index is 2.29. The van der Waals surface area contributed by atoms with Crippen molar-refractivity contribution in [2.24, 2.45) is 0 Å². The van der Waals surface area contributed by atoms with Gasteiger partial charge in [0, 0.05) is 0 Å². The number of hydrogen-bond acceptors (Lipinski definition) is 4. The van der Waals surface area contributed by atoms with E-state index in [2.05, 4.69) is 21.5 Å². The zero-order chi connectivity index (χ0) is 12.0. The third-order valence-corrected chi connectivity index (χ3v) is 2.02. The van der Waals surface area contributed by atoms with E-state index in [0.29, 0.717) is 19.0 Å². The van der Waals surface area contributed by atoms with Crippen molar-refractivity contribution in [3.63, 3.8) is 0 Å². The van der Waals surface area contributed by atoms with E-state index in [4.69, 9.17) is 10.8 Å². The van der Waals surface area contributed by atoms with E-state index >= 15 is 0 Å². The smallest absolute Gasteiger partial charge is 0.234 e. The molecule has 0 radical (unpaired) electrons. The molecule has 0 aliphatic heterocycles. The fourth-order valence-corrected chi connectivity index (χ4v) is 1.10. The van der Waals surface area contributed by atoms with Gasteiger partial charge in [-0.3, -0.25) is 10.1 Å². The van der Waals surface area contributed by atoms with Gasteiger partial charge in [0.05, 0.1) is 25.3 Å². The Morgan fingerprint density at radius 3 is 2.88 bits per heavy atom. The Bertz CT molecular complexity index is 384. The molecule has 1 amide bonds. The summed E-state index contributed by atoms with van der Waals surface area (Å²) in [5.74, 6) is 3.54. The van der Waals surface area contributed by atoms with E-state index in [1.54, 1.807) is 0 Å². The van der Waals surface area contributed by atoms with Crippen LogP contribution in [0.25, 0.3) is 0 Å². The minimum atomic E-state index is -0.135. The number of oxazole rings is 1. The zero-order valence-electron chi connectivity index (χ0n) is 9.46. The van der Waals surface area contributed by atoms with Gasteiger partial charge < -0.3 is 9.73 Å². The van der Waals surface area contributed by atoms with Crippen LogP contribution in [0.15, 0.2) is 4.42 Å². The Kier molecular flexibility index (Phi) is 4.55. The lowest BCUT2D eigenvalue weighted by atomic mass is 10.4. The van der Waals surface area contributed by atoms with E-state index in [9.17, 15) is 4.79 Å². The first kappa shape index (κ1) is 12.3. The lowest BCUT2D eigenvalue weighted by molar-refractivity contribution is -0.120. The number of terminal acetylenes is 1. The van der Waals surface area contributed by atoms with E-state index in [1.807, 2.05) is 13.8 Å². The molecule has 0 atom stereocenters. The standard InChI is InChI=1S/C11H15N3O2/c1-4-5-12-6-10(15)13-7-11-14-8(2)9(3)16-11/h1,12H,5-7H2,2-3H3,(H,13,15). The van der Waals surface area contributed by atoms with Gasteiger partial charge >= 0.3 is 0 Å². The molecule has 1 aromatic heterocycles. The first-order chi connectivity index (χ1) is 7.63. The number of carbonyl (C=O) groups excluding carboxylic acids is 1. The minimum absolute atomic E-state index is 0.135. The second kappa shape index (κ2) is 5.93. The highest BCUT2D eigenvalue weighted by molar-refractivity contribution is 5.77. The van der Waals surface area contributed by atoms with Gasteiger partial charge in [-0.2, -0.15) is 0 Å². The van der Waals surface area contributed by atoms with Gasteiger partial charge in [0.2, 0.25) is 11.8 Å². The number of aromatic nitrogens is 1. The van der Waals surface area contributed by atoms with E-state index < -0.39 is 0 Å². The van der Waals surface area contributed by atoms with Crippen LogP contribution in [0.5, 0.6) is 0 Å². The number of carbonyl (C=O) groups is 1. The molecule has 0 spiro atoms. The zero-order valence-corrected chi connectivity index (χ0v) is 9.46. The number of nitrogens with one attached hydrogen (secondary N) is 2. The van der Waals surface area contributed by atoms with Gasteiger partial charge in [-0.15, -0.1) is 6.42 Å². The van der Waals surface area contributed by atoms with Crippen molar-refractivity contribution in [2.45, 2.75) is 20.4 Å². The third kappa shape index (κ3) is 3.75. The van der Waals surface area contributed by atoms with Gasteiger partial charge in [-0.1, -0.05) is 5.92 Å². The number of hydrogen-bond donors (Lipinski definition) is 2. The summed E-state index contributed by atoms with van der Waals surface area (Å²) in [7, 11) is 0. The predicted octanol–water partition coefficient (Wildman–Crippen LogP) is 0.130. The molecular weight excluding hydrogens is 206 g/mol. The molecule has 0 saturated heterocycles. The summed E-state index contributed by atoms with van der Waals surface area (Å²) in [6, 6.07) is 0. The quantitative estimate of drug-likeness (QED) is 0.548. The SMILES string of the molecule is C#CCNCC(=O)NCc1nc(C)c(C)o1. The van der Waals surface area contributed by atoms with Crippen molar-refractivity contribution in [1.29, 1.82) is 0 Å². The minimum Gasteiger partial charge on any atom is -0.444 e. The van der Waals surface area contributed by atoms with Gasteiger partial charge in [0.1, 0.15) is 5.76 Å². The maximum Gasteiger partial charge on any atom is 0.234 e. The molecule has 16 heavy (non-hydrogen) atoms. The summed E-state index contributed by atoms with van der Waals surface area (Å²) >= 11 is 0. The van der Waals surface area contributed by atoms with Crippen molar-refractivity contribution in [3.8, 4) is 12.3 Å². The maximum absolute atomic E-state index is 11.3. The molecule has 0 aliphatic rings. The highest BCUT2D eigenvalue weighted by Gasteiger charge is 2.06. The summed E-state index contributed by atoms with van der Waals surface area (Å²) < 4.78 is 5.31. The largest absolute Gasteiger partial charge is 0.444 e. The van der Waals surface area contributed by atoms with Crippen LogP contribution < -0.4 is 10.6 Å². The molecule has 0 saturated carbocycles. The third-order valence-electron chi connectivity index (χ3n) is 2.02. The average Bonchev–Trinajstić information content (AvgIpc) is 2.56. The highest BCUT2D eigenvalue weighted by Crippen LogP contribution is 2.07. The molecule has 0 bridgehead atoms. The van der Waals surface area contributed by atoms with Gasteiger partial charge in [-0.05, 0) is 13.8 Å². The Morgan fingerprint density at radius 1 is 1.56 bits per heavy atom. The van der Waals surface area contributed by atoms with Crippen LogP contribution in [0.2, 0.25) is 0 Å². The molecule has 0 unspecified atom stereocenters. The van der Waals surface area contributed by atoms with Crippen LogP contribution in [0.3, 0.4) is 0 Å². The summed E-state index contributed by atoms with van der Waals surface area (Å²) in [4.78, 5) is 15.4.